The Balaban J connectivity index is 1.98. The van der Waals surface area contributed by atoms with E-state index in [1.807, 2.05) is 0 Å². The Morgan fingerprint density at radius 3 is 2.47 bits per heavy atom. The van der Waals surface area contributed by atoms with Crippen molar-refractivity contribution in [2.75, 3.05) is 17.8 Å². The maximum Gasteiger partial charge on any atom is 0.150 e. The van der Waals surface area contributed by atoms with Crippen molar-refractivity contribution in [2.24, 2.45) is 0 Å². The average molecular weight is 299 g/mol. The lowest BCUT2D eigenvalue weighted by Crippen LogP contribution is -2.34. The lowest BCUT2D eigenvalue weighted by molar-refractivity contribution is 0.453. The molecule has 3 nitrogen and oxygen atoms in total. The van der Waals surface area contributed by atoms with Gasteiger partial charge in [0.15, 0.2) is 0 Å². The summed E-state index contributed by atoms with van der Waals surface area (Å²) < 4.78 is 23.3. The lowest BCUT2D eigenvalue weighted by atomic mass is 9.95. The zero-order valence-electron chi connectivity index (χ0n) is 11.4. The van der Waals surface area contributed by atoms with Gasteiger partial charge in [-0.15, -0.1) is 11.8 Å². The van der Waals surface area contributed by atoms with Crippen molar-refractivity contribution in [1.82, 2.24) is 0 Å². The minimum Gasteiger partial charge on any atom is -0.382 e. The summed E-state index contributed by atoms with van der Waals surface area (Å²) in [6.45, 7) is 0. The summed E-state index contributed by atoms with van der Waals surface area (Å²) in [5, 5.41) is 3.28. The number of hydrogen-bond donors (Lipinski definition) is 1. The Morgan fingerprint density at radius 2 is 1.89 bits per heavy atom. The van der Waals surface area contributed by atoms with Crippen molar-refractivity contribution in [2.45, 2.75) is 41.9 Å². The first kappa shape index (κ1) is 14.7. The number of anilines is 1. The summed E-state index contributed by atoms with van der Waals surface area (Å²) in [4.78, 5) is 1.24. The van der Waals surface area contributed by atoms with Gasteiger partial charge in [0, 0.05) is 22.9 Å². The maximum absolute atomic E-state index is 11.6. The van der Waals surface area contributed by atoms with Crippen LogP contribution >= 0.6 is 11.8 Å². The van der Waals surface area contributed by atoms with Crippen LogP contribution in [0.25, 0.3) is 0 Å². The zero-order chi connectivity index (χ0) is 13.9. The molecule has 0 aliphatic heterocycles. The molecule has 2 atom stereocenters. The molecule has 106 valence electrons. The Bertz CT molecular complexity index is 511. The van der Waals surface area contributed by atoms with Gasteiger partial charge in [-0.25, -0.2) is 8.42 Å². The Hall–Kier alpha value is -0.680. The van der Waals surface area contributed by atoms with Crippen molar-refractivity contribution in [3.05, 3.63) is 24.3 Å². The Kier molecular flexibility index (Phi) is 4.79. The maximum atomic E-state index is 11.6. The SMILES string of the molecule is CSc1ccc(NC2CCCC(S(C)(=O)=O)C2)cc1. The number of benzene rings is 1. The highest BCUT2D eigenvalue weighted by Gasteiger charge is 2.28. The molecule has 1 aromatic carbocycles. The minimum absolute atomic E-state index is 0.177. The van der Waals surface area contributed by atoms with Crippen LogP contribution in [0.15, 0.2) is 29.2 Å². The van der Waals surface area contributed by atoms with Crippen LogP contribution in [0.5, 0.6) is 0 Å². The number of nitrogens with one attached hydrogen (secondary N) is 1. The normalized spacial score (nSPS) is 24.1. The molecule has 1 aromatic rings. The number of hydrogen-bond acceptors (Lipinski definition) is 4. The first-order chi connectivity index (χ1) is 8.99. The topological polar surface area (TPSA) is 46.2 Å². The van der Waals surface area contributed by atoms with Crippen LogP contribution in [-0.2, 0) is 9.84 Å². The van der Waals surface area contributed by atoms with Gasteiger partial charge < -0.3 is 5.32 Å². The van der Waals surface area contributed by atoms with Gasteiger partial charge in [-0.05, 0) is 49.8 Å². The molecule has 0 spiro atoms. The van der Waals surface area contributed by atoms with E-state index in [-0.39, 0.29) is 11.3 Å². The van der Waals surface area contributed by atoms with E-state index in [9.17, 15) is 8.42 Å². The molecule has 0 saturated heterocycles. The third-order valence-electron chi connectivity index (χ3n) is 3.69. The molecule has 1 fully saturated rings. The van der Waals surface area contributed by atoms with E-state index in [0.29, 0.717) is 0 Å². The van der Waals surface area contributed by atoms with Crippen LogP contribution in [0.1, 0.15) is 25.7 Å². The van der Waals surface area contributed by atoms with E-state index in [4.69, 9.17) is 0 Å². The summed E-state index contributed by atoms with van der Waals surface area (Å²) >= 11 is 1.72. The van der Waals surface area contributed by atoms with Crippen molar-refractivity contribution in [1.29, 1.82) is 0 Å². The molecule has 0 amide bonds. The number of sulfone groups is 1. The molecule has 2 rings (SSSR count). The molecule has 1 N–H and O–H groups in total. The standard InChI is InChI=1S/C14H21NO2S2/c1-18-13-8-6-11(7-9-13)15-12-4-3-5-14(10-12)19(2,16)17/h6-9,12,14-15H,3-5,10H2,1-2H3. The van der Waals surface area contributed by atoms with Crippen LogP contribution in [0.2, 0.25) is 0 Å². The highest BCUT2D eigenvalue weighted by Crippen LogP contribution is 2.27. The van der Waals surface area contributed by atoms with E-state index in [2.05, 4.69) is 35.8 Å². The number of thioether (sulfide) groups is 1. The predicted molar refractivity (Wildman–Crippen MR) is 82.7 cm³/mol. The molecule has 0 aromatic heterocycles. The Morgan fingerprint density at radius 1 is 1.21 bits per heavy atom. The van der Waals surface area contributed by atoms with Crippen LogP contribution in [0, 0.1) is 0 Å². The van der Waals surface area contributed by atoms with Crippen molar-refractivity contribution < 1.29 is 8.42 Å². The molecule has 19 heavy (non-hydrogen) atoms. The molecule has 0 radical (unpaired) electrons. The van der Waals surface area contributed by atoms with E-state index in [0.717, 1.165) is 31.4 Å². The second kappa shape index (κ2) is 6.18. The fraction of sp³-hybridized carbons (Fsp3) is 0.571. The van der Waals surface area contributed by atoms with Crippen LogP contribution in [0.3, 0.4) is 0 Å². The quantitative estimate of drug-likeness (QED) is 0.867. The molecular formula is C14H21NO2S2. The van der Waals surface area contributed by atoms with Crippen molar-refractivity contribution in [3.8, 4) is 0 Å². The van der Waals surface area contributed by atoms with Gasteiger partial charge in [0.2, 0.25) is 0 Å². The third kappa shape index (κ3) is 4.14. The van der Waals surface area contributed by atoms with Gasteiger partial charge in [0.25, 0.3) is 0 Å². The van der Waals surface area contributed by atoms with Crippen LogP contribution in [0.4, 0.5) is 5.69 Å². The second-order valence-electron chi connectivity index (χ2n) is 5.19. The third-order valence-corrected chi connectivity index (χ3v) is 6.08. The monoisotopic (exact) mass is 299 g/mol. The van der Waals surface area contributed by atoms with Crippen LogP contribution < -0.4 is 5.32 Å². The van der Waals surface area contributed by atoms with Gasteiger partial charge >= 0.3 is 0 Å². The molecule has 5 heteroatoms. The number of rotatable bonds is 4. The minimum atomic E-state index is -2.91. The summed E-state index contributed by atoms with van der Waals surface area (Å²) in [5.74, 6) is 0. The first-order valence-corrected chi connectivity index (χ1v) is 9.76. The molecular weight excluding hydrogens is 278 g/mol. The highest BCUT2D eigenvalue weighted by molar-refractivity contribution is 7.98. The van der Waals surface area contributed by atoms with Gasteiger partial charge in [-0.3, -0.25) is 0 Å². The fourth-order valence-corrected chi connectivity index (χ4v) is 4.17. The summed E-state index contributed by atoms with van der Waals surface area (Å²) in [6, 6.07) is 8.58. The second-order valence-corrected chi connectivity index (χ2v) is 8.39. The molecule has 1 saturated carbocycles. The fourth-order valence-electron chi connectivity index (χ4n) is 2.59. The van der Waals surface area contributed by atoms with Crippen molar-refractivity contribution >= 4 is 27.3 Å². The zero-order valence-corrected chi connectivity index (χ0v) is 13.1. The molecule has 1 aliphatic rings. The summed E-state index contributed by atoms with van der Waals surface area (Å²) in [7, 11) is -2.91. The summed E-state index contributed by atoms with van der Waals surface area (Å²) in [6.07, 6.45) is 6.98. The van der Waals surface area contributed by atoms with Gasteiger partial charge in [-0.1, -0.05) is 6.42 Å². The van der Waals surface area contributed by atoms with Crippen molar-refractivity contribution in [3.63, 3.8) is 0 Å². The molecule has 2 unspecified atom stereocenters. The molecule has 1 aliphatic carbocycles. The average Bonchev–Trinajstić information content (AvgIpc) is 2.39. The summed E-state index contributed by atoms with van der Waals surface area (Å²) in [5.41, 5.74) is 1.08. The highest BCUT2D eigenvalue weighted by atomic mass is 32.2. The van der Waals surface area contributed by atoms with Gasteiger partial charge in [0.1, 0.15) is 9.84 Å². The molecule has 0 bridgehead atoms. The van der Waals surface area contributed by atoms with E-state index in [1.165, 1.54) is 11.2 Å². The van der Waals surface area contributed by atoms with Gasteiger partial charge in [-0.2, -0.15) is 0 Å². The smallest absolute Gasteiger partial charge is 0.150 e. The van der Waals surface area contributed by atoms with E-state index >= 15 is 0 Å². The lowest BCUT2D eigenvalue weighted by Gasteiger charge is -2.29. The van der Waals surface area contributed by atoms with E-state index in [1.54, 1.807) is 11.8 Å². The van der Waals surface area contributed by atoms with Gasteiger partial charge in [0.05, 0.1) is 5.25 Å². The largest absolute Gasteiger partial charge is 0.382 e. The van der Waals surface area contributed by atoms with E-state index < -0.39 is 9.84 Å². The first-order valence-electron chi connectivity index (χ1n) is 6.58. The Labute approximate surface area is 120 Å². The predicted octanol–water partition coefficient (Wildman–Crippen LogP) is 3.18. The molecule has 0 heterocycles. The van der Waals surface area contributed by atoms with Crippen LogP contribution in [-0.4, -0.2) is 32.2 Å².